The van der Waals surface area contributed by atoms with E-state index in [-0.39, 0.29) is 17.1 Å². The van der Waals surface area contributed by atoms with E-state index in [0.29, 0.717) is 10.5 Å². The summed E-state index contributed by atoms with van der Waals surface area (Å²) in [5.74, 6) is -0.0950. The lowest BCUT2D eigenvalue weighted by Crippen LogP contribution is -2.38. The third kappa shape index (κ3) is 2.35. The fraction of sp³-hybridized carbons (Fsp3) is 0.182. The number of fused-ring (bicyclic) bond motifs is 1. The summed E-state index contributed by atoms with van der Waals surface area (Å²) in [6.07, 6.45) is -5.73. The standard InChI is InChI=1S/C11H6ClF3O2S/c12-8-3-7(18)2-5-1-6(4-16)10(11(13,14)15)17-9(5)8/h1-4,10,18H/t10-/m0/s1. The Morgan fingerprint density at radius 2 is 2.06 bits per heavy atom. The Labute approximate surface area is 111 Å². The minimum absolute atomic E-state index is 0.0212. The zero-order valence-corrected chi connectivity index (χ0v) is 10.3. The molecular formula is C11H6ClF3O2S. The van der Waals surface area contributed by atoms with E-state index in [4.69, 9.17) is 16.3 Å². The molecule has 0 saturated carbocycles. The topological polar surface area (TPSA) is 26.3 Å². The first kappa shape index (κ1) is 13.3. The number of benzene rings is 1. The highest BCUT2D eigenvalue weighted by molar-refractivity contribution is 7.80. The number of thiol groups is 1. The van der Waals surface area contributed by atoms with Crippen molar-refractivity contribution in [3.8, 4) is 5.75 Å². The molecule has 0 aromatic heterocycles. The van der Waals surface area contributed by atoms with Gasteiger partial charge < -0.3 is 4.74 Å². The highest BCUT2D eigenvalue weighted by atomic mass is 35.5. The van der Waals surface area contributed by atoms with Gasteiger partial charge in [0.1, 0.15) is 12.0 Å². The van der Waals surface area contributed by atoms with Gasteiger partial charge in [0.15, 0.2) is 0 Å². The van der Waals surface area contributed by atoms with E-state index < -0.39 is 17.9 Å². The van der Waals surface area contributed by atoms with Crippen LogP contribution in [-0.2, 0) is 4.79 Å². The second-order valence-electron chi connectivity index (χ2n) is 3.65. The summed E-state index contributed by atoms with van der Waals surface area (Å²) >= 11 is 9.84. The molecule has 7 heteroatoms. The molecule has 1 aliphatic rings. The maximum atomic E-state index is 12.7. The predicted molar refractivity (Wildman–Crippen MR) is 63.2 cm³/mol. The van der Waals surface area contributed by atoms with Crippen molar-refractivity contribution in [2.75, 3.05) is 0 Å². The van der Waals surface area contributed by atoms with E-state index in [1.807, 2.05) is 0 Å². The molecule has 0 N–H and O–H groups in total. The molecule has 1 aromatic rings. The molecule has 0 fully saturated rings. The van der Waals surface area contributed by atoms with E-state index in [9.17, 15) is 18.0 Å². The molecule has 0 aliphatic carbocycles. The molecule has 1 heterocycles. The highest BCUT2D eigenvalue weighted by Crippen LogP contribution is 2.41. The van der Waals surface area contributed by atoms with Crippen molar-refractivity contribution in [2.24, 2.45) is 0 Å². The minimum Gasteiger partial charge on any atom is -0.474 e. The normalized spacial score (nSPS) is 18.7. The van der Waals surface area contributed by atoms with Crippen molar-refractivity contribution in [3.05, 3.63) is 28.3 Å². The van der Waals surface area contributed by atoms with Gasteiger partial charge in [-0.2, -0.15) is 13.2 Å². The van der Waals surface area contributed by atoms with Crippen molar-refractivity contribution < 1.29 is 22.7 Å². The van der Waals surface area contributed by atoms with Crippen LogP contribution in [0.1, 0.15) is 5.56 Å². The number of ether oxygens (including phenoxy) is 1. The summed E-state index contributed by atoms with van der Waals surface area (Å²) in [6, 6.07) is 2.84. The third-order valence-electron chi connectivity index (χ3n) is 2.35. The molecule has 18 heavy (non-hydrogen) atoms. The fourth-order valence-electron chi connectivity index (χ4n) is 1.62. The van der Waals surface area contributed by atoms with E-state index >= 15 is 0 Å². The second-order valence-corrected chi connectivity index (χ2v) is 4.57. The van der Waals surface area contributed by atoms with Crippen molar-refractivity contribution in [2.45, 2.75) is 17.2 Å². The average Bonchev–Trinajstić information content (AvgIpc) is 2.25. The summed E-state index contributed by atoms with van der Waals surface area (Å²) in [6.45, 7) is 0. The van der Waals surface area contributed by atoms with Crippen LogP contribution < -0.4 is 4.74 Å². The van der Waals surface area contributed by atoms with Crippen LogP contribution in [0.3, 0.4) is 0 Å². The lowest BCUT2D eigenvalue weighted by molar-refractivity contribution is -0.184. The Balaban J connectivity index is 2.57. The predicted octanol–water partition coefficient (Wildman–Crippen LogP) is 3.53. The van der Waals surface area contributed by atoms with Crippen molar-refractivity contribution >= 4 is 36.6 Å². The number of rotatable bonds is 1. The summed E-state index contributed by atoms with van der Waals surface area (Å²) in [5, 5.41) is 0.0212. The van der Waals surface area contributed by atoms with Crippen LogP contribution in [0.4, 0.5) is 13.2 Å². The van der Waals surface area contributed by atoms with Crippen molar-refractivity contribution in [3.63, 3.8) is 0 Å². The largest absolute Gasteiger partial charge is 0.474 e. The van der Waals surface area contributed by atoms with Gasteiger partial charge in [0, 0.05) is 16.0 Å². The van der Waals surface area contributed by atoms with Crippen molar-refractivity contribution in [1.82, 2.24) is 0 Å². The first-order chi connectivity index (χ1) is 8.32. The van der Waals surface area contributed by atoms with Gasteiger partial charge in [-0.25, -0.2) is 0 Å². The molecular weight excluding hydrogens is 289 g/mol. The van der Waals surface area contributed by atoms with Crippen LogP contribution in [0.2, 0.25) is 5.02 Å². The Bertz CT molecular complexity index is 540. The van der Waals surface area contributed by atoms with Gasteiger partial charge >= 0.3 is 6.18 Å². The van der Waals surface area contributed by atoms with E-state index in [2.05, 4.69) is 12.6 Å². The molecule has 0 amide bonds. The van der Waals surface area contributed by atoms with Gasteiger partial charge in [0.05, 0.1) is 5.02 Å². The average molecular weight is 295 g/mol. The van der Waals surface area contributed by atoms with Gasteiger partial charge in [-0.1, -0.05) is 11.6 Å². The maximum Gasteiger partial charge on any atom is 0.429 e. The number of carbonyl (C=O) groups is 1. The van der Waals surface area contributed by atoms with E-state index in [1.54, 1.807) is 0 Å². The van der Waals surface area contributed by atoms with Gasteiger partial charge in [0.25, 0.3) is 0 Å². The minimum atomic E-state index is -4.67. The Morgan fingerprint density at radius 1 is 1.39 bits per heavy atom. The van der Waals surface area contributed by atoms with E-state index in [1.165, 1.54) is 12.1 Å². The Morgan fingerprint density at radius 3 is 2.61 bits per heavy atom. The Hall–Kier alpha value is -1.14. The number of carbonyl (C=O) groups excluding carboxylic acids is 1. The van der Waals surface area contributed by atoms with Crippen LogP contribution in [0.15, 0.2) is 22.6 Å². The van der Waals surface area contributed by atoms with E-state index in [0.717, 1.165) is 6.08 Å². The number of hydrogen-bond acceptors (Lipinski definition) is 3. The van der Waals surface area contributed by atoms with Gasteiger partial charge in [0.2, 0.25) is 6.10 Å². The summed E-state index contributed by atoms with van der Waals surface area (Å²) in [7, 11) is 0. The zero-order valence-electron chi connectivity index (χ0n) is 8.66. The molecule has 2 rings (SSSR count). The summed E-state index contributed by atoms with van der Waals surface area (Å²) in [4.78, 5) is 11.2. The molecule has 1 aromatic carbocycles. The smallest absolute Gasteiger partial charge is 0.429 e. The molecule has 1 aliphatic heterocycles. The van der Waals surface area contributed by atoms with Gasteiger partial charge in [-0.3, -0.25) is 4.79 Å². The molecule has 96 valence electrons. The Kier molecular flexibility index (Phi) is 3.33. The lowest BCUT2D eigenvalue weighted by Gasteiger charge is -2.27. The van der Waals surface area contributed by atoms with Gasteiger partial charge in [-0.05, 0) is 18.2 Å². The molecule has 2 nitrogen and oxygen atoms in total. The first-order valence-corrected chi connectivity index (χ1v) is 5.58. The molecule has 0 bridgehead atoms. The number of alkyl halides is 3. The molecule has 0 spiro atoms. The molecule has 1 atom stereocenters. The fourth-order valence-corrected chi connectivity index (χ4v) is 2.24. The maximum absolute atomic E-state index is 12.7. The monoisotopic (exact) mass is 294 g/mol. The van der Waals surface area contributed by atoms with Crippen LogP contribution in [-0.4, -0.2) is 18.6 Å². The van der Waals surface area contributed by atoms with Crippen LogP contribution >= 0.6 is 24.2 Å². The van der Waals surface area contributed by atoms with Crippen molar-refractivity contribution in [1.29, 1.82) is 0 Å². The highest BCUT2D eigenvalue weighted by Gasteiger charge is 2.46. The number of halogens is 4. The number of hydrogen-bond donors (Lipinski definition) is 1. The number of aldehydes is 1. The zero-order chi connectivity index (χ0) is 13.5. The molecule has 0 saturated heterocycles. The second kappa shape index (κ2) is 4.51. The SMILES string of the molecule is O=CC1=Cc2cc(S)cc(Cl)c2O[C@@H]1C(F)(F)F. The van der Waals surface area contributed by atoms with Crippen LogP contribution in [0.25, 0.3) is 6.08 Å². The molecule has 0 radical (unpaired) electrons. The summed E-state index contributed by atoms with van der Waals surface area (Å²) < 4.78 is 42.9. The first-order valence-electron chi connectivity index (χ1n) is 4.75. The lowest BCUT2D eigenvalue weighted by atomic mass is 10.0. The van der Waals surface area contributed by atoms with Gasteiger partial charge in [-0.15, -0.1) is 12.6 Å². The van der Waals surface area contributed by atoms with Crippen LogP contribution in [0.5, 0.6) is 5.75 Å². The van der Waals surface area contributed by atoms with Crippen LogP contribution in [0, 0.1) is 0 Å². The summed E-state index contributed by atoms with van der Waals surface area (Å²) in [5.41, 5.74) is -0.194. The third-order valence-corrected chi connectivity index (χ3v) is 2.89. The quantitative estimate of drug-likeness (QED) is 0.633. The molecule has 0 unspecified atom stereocenters.